The number of aryl methyl sites for hydroxylation is 2. The maximum atomic E-state index is 4.17. The standard InChI is InChI=1S/C16H13NS/c1-12-10-13(8-9-17-12)6-7-15-11-14-4-2-3-5-16(14)18-15/h2,4,8-11H,3,5H2,1H3. The molecule has 1 aliphatic rings. The van der Waals surface area contributed by atoms with Crippen molar-refractivity contribution in [2.24, 2.45) is 0 Å². The molecule has 18 heavy (non-hydrogen) atoms. The van der Waals surface area contributed by atoms with Crippen molar-refractivity contribution in [1.82, 2.24) is 4.98 Å². The molecule has 1 nitrogen and oxygen atoms in total. The molecule has 0 fully saturated rings. The minimum atomic E-state index is 1.01. The lowest BCUT2D eigenvalue weighted by Crippen LogP contribution is -1.85. The van der Waals surface area contributed by atoms with Gasteiger partial charge in [0.2, 0.25) is 0 Å². The van der Waals surface area contributed by atoms with Gasteiger partial charge in [-0.05, 0) is 43.5 Å². The Hall–Kier alpha value is -1.85. The Morgan fingerprint density at radius 2 is 2.22 bits per heavy atom. The fourth-order valence-electron chi connectivity index (χ4n) is 2.02. The molecule has 2 aromatic heterocycles. The zero-order valence-electron chi connectivity index (χ0n) is 10.2. The van der Waals surface area contributed by atoms with Gasteiger partial charge in [-0.1, -0.05) is 24.0 Å². The van der Waals surface area contributed by atoms with Crippen LogP contribution in [0.5, 0.6) is 0 Å². The molecule has 0 radical (unpaired) electrons. The van der Waals surface area contributed by atoms with E-state index in [1.807, 2.05) is 36.6 Å². The number of rotatable bonds is 0. The lowest BCUT2D eigenvalue weighted by Gasteiger charge is -2.01. The molecule has 2 heteroatoms. The summed E-state index contributed by atoms with van der Waals surface area (Å²) >= 11 is 1.82. The van der Waals surface area contributed by atoms with E-state index in [1.54, 1.807) is 0 Å². The van der Waals surface area contributed by atoms with Crippen molar-refractivity contribution in [3.05, 3.63) is 57.0 Å². The molecule has 0 saturated carbocycles. The van der Waals surface area contributed by atoms with Crippen LogP contribution in [-0.4, -0.2) is 4.98 Å². The number of aromatic nitrogens is 1. The summed E-state index contributed by atoms with van der Waals surface area (Å²) in [5, 5.41) is 0. The number of thiophene rings is 1. The van der Waals surface area contributed by atoms with Gasteiger partial charge in [0.15, 0.2) is 0 Å². The highest BCUT2D eigenvalue weighted by molar-refractivity contribution is 7.12. The Morgan fingerprint density at radius 3 is 3.06 bits per heavy atom. The number of fused-ring (bicyclic) bond motifs is 1. The predicted molar refractivity (Wildman–Crippen MR) is 76.6 cm³/mol. The third-order valence-corrected chi connectivity index (χ3v) is 4.03. The first-order chi connectivity index (χ1) is 8.81. The fourth-order valence-corrected chi connectivity index (χ4v) is 3.04. The van der Waals surface area contributed by atoms with Crippen LogP contribution in [0, 0.1) is 18.8 Å². The Kier molecular flexibility index (Phi) is 3.00. The second kappa shape index (κ2) is 4.80. The van der Waals surface area contributed by atoms with Gasteiger partial charge in [0.25, 0.3) is 0 Å². The molecular weight excluding hydrogens is 238 g/mol. The maximum absolute atomic E-state index is 4.17. The van der Waals surface area contributed by atoms with Crippen LogP contribution in [0.15, 0.2) is 30.5 Å². The van der Waals surface area contributed by atoms with Crippen molar-refractivity contribution >= 4 is 17.4 Å². The van der Waals surface area contributed by atoms with Gasteiger partial charge >= 0.3 is 0 Å². The van der Waals surface area contributed by atoms with Gasteiger partial charge in [0.05, 0.1) is 4.88 Å². The second-order valence-corrected chi connectivity index (χ2v) is 5.50. The van der Waals surface area contributed by atoms with Crippen LogP contribution >= 0.6 is 11.3 Å². The third-order valence-electron chi connectivity index (χ3n) is 2.90. The fraction of sp³-hybridized carbons (Fsp3) is 0.188. The highest BCUT2D eigenvalue weighted by Gasteiger charge is 2.07. The number of hydrogen-bond donors (Lipinski definition) is 0. The molecule has 88 valence electrons. The topological polar surface area (TPSA) is 12.9 Å². The second-order valence-electron chi connectivity index (χ2n) is 4.37. The van der Waals surface area contributed by atoms with Crippen LogP contribution in [0.2, 0.25) is 0 Å². The van der Waals surface area contributed by atoms with Crippen molar-refractivity contribution in [1.29, 1.82) is 0 Å². The highest BCUT2D eigenvalue weighted by Crippen LogP contribution is 2.27. The molecule has 1 aliphatic carbocycles. The summed E-state index contributed by atoms with van der Waals surface area (Å²) in [6.07, 6.45) is 8.56. The summed E-state index contributed by atoms with van der Waals surface area (Å²) in [6.45, 7) is 1.99. The minimum Gasteiger partial charge on any atom is -0.262 e. The molecule has 0 N–H and O–H groups in total. The summed E-state index contributed by atoms with van der Waals surface area (Å²) in [5.41, 5.74) is 3.39. The van der Waals surface area contributed by atoms with E-state index in [-0.39, 0.29) is 0 Å². The van der Waals surface area contributed by atoms with Gasteiger partial charge in [-0.2, -0.15) is 0 Å². The molecule has 0 atom stereocenters. The van der Waals surface area contributed by atoms with Crippen LogP contribution in [0.4, 0.5) is 0 Å². The number of pyridine rings is 1. The molecule has 2 heterocycles. The zero-order chi connectivity index (χ0) is 12.4. The number of hydrogen-bond acceptors (Lipinski definition) is 2. The molecule has 0 spiro atoms. The Balaban J connectivity index is 1.89. The van der Waals surface area contributed by atoms with Crippen LogP contribution < -0.4 is 0 Å². The van der Waals surface area contributed by atoms with E-state index in [0.717, 1.165) is 29.0 Å². The summed E-state index contributed by atoms with van der Waals surface area (Å²) in [5.74, 6) is 6.46. The first-order valence-electron chi connectivity index (χ1n) is 6.05. The summed E-state index contributed by atoms with van der Waals surface area (Å²) in [6, 6.07) is 6.16. The SMILES string of the molecule is Cc1cc(C#Cc2cc3c(s2)CCC=C3)ccn1. The Morgan fingerprint density at radius 1 is 1.28 bits per heavy atom. The summed E-state index contributed by atoms with van der Waals surface area (Å²) in [4.78, 5) is 6.79. The zero-order valence-corrected chi connectivity index (χ0v) is 11.1. The van der Waals surface area contributed by atoms with Gasteiger partial charge < -0.3 is 0 Å². The minimum absolute atomic E-state index is 1.01. The van der Waals surface area contributed by atoms with Crippen molar-refractivity contribution < 1.29 is 0 Å². The number of nitrogens with zero attached hydrogens (tertiary/aromatic N) is 1. The van der Waals surface area contributed by atoms with Gasteiger partial charge in [0, 0.05) is 22.3 Å². The van der Waals surface area contributed by atoms with Gasteiger partial charge in [-0.25, -0.2) is 0 Å². The number of allylic oxidation sites excluding steroid dienone is 1. The van der Waals surface area contributed by atoms with E-state index in [4.69, 9.17) is 0 Å². The maximum Gasteiger partial charge on any atom is 0.0781 e. The van der Waals surface area contributed by atoms with E-state index in [0.29, 0.717) is 0 Å². The van der Waals surface area contributed by atoms with Crippen molar-refractivity contribution in [3.63, 3.8) is 0 Å². The first-order valence-corrected chi connectivity index (χ1v) is 6.87. The van der Waals surface area contributed by atoms with E-state index in [9.17, 15) is 0 Å². The van der Waals surface area contributed by atoms with E-state index >= 15 is 0 Å². The predicted octanol–water partition coefficient (Wildman–Crippen LogP) is 3.81. The van der Waals surface area contributed by atoms with E-state index in [2.05, 4.69) is 35.0 Å². The van der Waals surface area contributed by atoms with Gasteiger partial charge in [-0.15, -0.1) is 11.3 Å². The van der Waals surface area contributed by atoms with Gasteiger partial charge in [0.1, 0.15) is 0 Å². The lowest BCUT2D eigenvalue weighted by molar-refractivity contribution is 1.01. The van der Waals surface area contributed by atoms with Crippen LogP contribution in [0.25, 0.3) is 6.08 Å². The summed E-state index contributed by atoms with van der Waals surface area (Å²) < 4.78 is 0. The van der Waals surface area contributed by atoms with Crippen LogP contribution in [0.3, 0.4) is 0 Å². The monoisotopic (exact) mass is 251 g/mol. The largest absolute Gasteiger partial charge is 0.262 e. The smallest absolute Gasteiger partial charge is 0.0781 e. The van der Waals surface area contributed by atoms with Gasteiger partial charge in [-0.3, -0.25) is 4.98 Å². The quantitative estimate of drug-likeness (QED) is 0.649. The van der Waals surface area contributed by atoms with E-state index in [1.165, 1.54) is 10.4 Å². The molecule has 0 amide bonds. The van der Waals surface area contributed by atoms with Crippen LogP contribution in [-0.2, 0) is 6.42 Å². The Bertz CT molecular complexity index is 668. The average Bonchev–Trinajstić information content (AvgIpc) is 2.79. The molecular formula is C16H13NS. The van der Waals surface area contributed by atoms with Crippen molar-refractivity contribution in [2.45, 2.75) is 19.8 Å². The lowest BCUT2D eigenvalue weighted by atomic mass is 10.1. The normalized spacial score (nSPS) is 12.7. The van der Waals surface area contributed by atoms with Crippen LogP contribution in [0.1, 0.15) is 33.0 Å². The molecule has 0 aliphatic heterocycles. The molecule has 2 aromatic rings. The summed E-state index contributed by atoms with van der Waals surface area (Å²) in [7, 11) is 0. The molecule has 0 saturated heterocycles. The molecule has 3 rings (SSSR count). The highest BCUT2D eigenvalue weighted by atomic mass is 32.1. The van der Waals surface area contributed by atoms with E-state index < -0.39 is 0 Å². The van der Waals surface area contributed by atoms with Crippen molar-refractivity contribution in [2.75, 3.05) is 0 Å². The molecule has 0 unspecified atom stereocenters. The molecule has 0 bridgehead atoms. The molecule has 0 aromatic carbocycles. The Labute approximate surface area is 111 Å². The first kappa shape index (κ1) is 11.3. The third kappa shape index (κ3) is 2.37. The van der Waals surface area contributed by atoms with Crippen molar-refractivity contribution in [3.8, 4) is 11.8 Å². The average molecular weight is 251 g/mol.